The average molecular weight is 253 g/mol. The van der Waals surface area contributed by atoms with E-state index in [1.807, 2.05) is 6.92 Å². The zero-order valence-electron chi connectivity index (χ0n) is 11.1. The van der Waals surface area contributed by atoms with Gasteiger partial charge < -0.3 is 5.11 Å². The summed E-state index contributed by atoms with van der Waals surface area (Å²) in [6, 6.07) is 4.52. The molecule has 100 valence electrons. The standard InChI is InChI=1S/C14H20FNO2/c1-4-16(8-10(2)3)9-11-6-5-7-12(13(11)15)14(17)18/h5-7,10H,4,8-9H2,1-3H3,(H,17,18). The van der Waals surface area contributed by atoms with E-state index in [0.29, 0.717) is 18.0 Å². The van der Waals surface area contributed by atoms with Crippen molar-refractivity contribution in [2.45, 2.75) is 27.3 Å². The van der Waals surface area contributed by atoms with E-state index in [4.69, 9.17) is 5.11 Å². The fraction of sp³-hybridized carbons (Fsp3) is 0.500. The number of rotatable bonds is 6. The van der Waals surface area contributed by atoms with Crippen molar-refractivity contribution in [2.75, 3.05) is 13.1 Å². The summed E-state index contributed by atoms with van der Waals surface area (Å²) in [6.07, 6.45) is 0. The Hall–Kier alpha value is -1.42. The molecule has 4 heteroatoms. The summed E-state index contributed by atoms with van der Waals surface area (Å²) in [6.45, 7) is 8.35. The highest BCUT2D eigenvalue weighted by Gasteiger charge is 2.15. The monoisotopic (exact) mass is 253 g/mol. The van der Waals surface area contributed by atoms with Gasteiger partial charge >= 0.3 is 5.97 Å². The first kappa shape index (κ1) is 14.6. The molecule has 0 bridgehead atoms. The maximum absolute atomic E-state index is 13.9. The molecule has 0 fully saturated rings. The van der Waals surface area contributed by atoms with Gasteiger partial charge in [0, 0.05) is 18.7 Å². The van der Waals surface area contributed by atoms with Crippen molar-refractivity contribution in [3.8, 4) is 0 Å². The second-order valence-electron chi connectivity index (χ2n) is 4.81. The van der Waals surface area contributed by atoms with Crippen LogP contribution in [0.5, 0.6) is 0 Å². The Bertz CT molecular complexity index is 418. The van der Waals surface area contributed by atoms with Gasteiger partial charge in [0.1, 0.15) is 5.82 Å². The van der Waals surface area contributed by atoms with Crippen molar-refractivity contribution < 1.29 is 14.3 Å². The van der Waals surface area contributed by atoms with Gasteiger partial charge in [-0.2, -0.15) is 0 Å². The molecule has 0 unspecified atom stereocenters. The molecule has 0 heterocycles. The molecular formula is C14H20FNO2. The van der Waals surface area contributed by atoms with Crippen molar-refractivity contribution >= 4 is 5.97 Å². The van der Waals surface area contributed by atoms with Gasteiger partial charge in [0.25, 0.3) is 0 Å². The molecule has 1 aromatic rings. The molecule has 18 heavy (non-hydrogen) atoms. The molecule has 3 nitrogen and oxygen atoms in total. The second kappa shape index (κ2) is 6.50. The van der Waals surface area contributed by atoms with Crippen molar-refractivity contribution in [3.63, 3.8) is 0 Å². The fourth-order valence-corrected chi connectivity index (χ4v) is 1.93. The smallest absolute Gasteiger partial charge is 0.338 e. The molecule has 0 saturated heterocycles. The van der Waals surface area contributed by atoms with Gasteiger partial charge in [-0.3, -0.25) is 4.90 Å². The molecule has 0 amide bonds. The SMILES string of the molecule is CCN(Cc1cccc(C(=O)O)c1F)CC(C)C. The Kier molecular flexibility index (Phi) is 5.28. The molecule has 0 aliphatic rings. The Morgan fingerprint density at radius 3 is 2.61 bits per heavy atom. The van der Waals surface area contributed by atoms with E-state index in [1.54, 1.807) is 12.1 Å². The van der Waals surface area contributed by atoms with Crippen molar-refractivity contribution in [1.29, 1.82) is 0 Å². The fourth-order valence-electron chi connectivity index (χ4n) is 1.93. The van der Waals surface area contributed by atoms with E-state index >= 15 is 0 Å². The number of aromatic carboxylic acids is 1. The Morgan fingerprint density at radius 2 is 2.11 bits per heavy atom. The zero-order valence-corrected chi connectivity index (χ0v) is 11.1. The maximum Gasteiger partial charge on any atom is 0.338 e. The first-order valence-electron chi connectivity index (χ1n) is 6.18. The summed E-state index contributed by atoms with van der Waals surface area (Å²) in [7, 11) is 0. The highest BCUT2D eigenvalue weighted by atomic mass is 19.1. The Labute approximate surface area is 107 Å². The van der Waals surface area contributed by atoms with E-state index in [0.717, 1.165) is 13.1 Å². The van der Waals surface area contributed by atoms with Crippen molar-refractivity contribution in [3.05, 3.63) is 35.1 Å². The van der Waals surface area contributed by atoms with E-state index in [1.165, 1.54) is 6.07 Å². The summed E-state index contributed by atoms with van der Waals surface area (Å²) in [5.41, 5.74) is 0.186. The van der Waals surface area contributed by atoms with Crippen LogP contribution in [-0.4, -0.2) is 29.1 Å². The Morgan fingerprint density at radius 1 is 1.44 bits per heavy atom. The molecule has 1 rings (SSSR count). The molecular weight excluding hydrogens is 233 g/mol. The third kappa shape index (κ3) is 3.81. The number of hydrogen-bond acceptors (Lipinski definition) is 2. The number of carboxylic acids is 1. The highest BCUT2D eigenvalue weighted by Crippen LogP contribution is 2.15. The topological polar surface area (TPSA) is 40.5 Å². The van der Waals surface area contributed by atoms with Crippen LogP contribution in [0.3, 0.4) is 0 Å². The van der Waals surface area contributed by atoms with Crippen LogP contribution in [0.1, 0.15) is 36.7 Å². The lowest BCUT2D eigenvalue weighted by molar-refractivity contribution is 0.0691. The summed E-state index contributed by atoms with van der Waals surface area (Å²) in [4.78, 5) is 13.0. The van der Waals surface area contributed by atoms with Crippen LogP contribution < -0.4 is 0 Å². The molecule has 1 N–H and O–H groups in total. The van der Waals surface area contributed by atoms with Crippen LogP contribution in [0.2, 0.25) is 0 Å². The van der Waals surface area contributed by atoms with Crippen LogP contribution in [-0.2, 0) is 6.54 Å². The molecule has 0 aliphatic carbocycles. The van der Waals surface area contributed by atoms with Gasteiger partial charge in [-0.15, -0.1) is 0 Å². The van der Waals surface area contributed by atoms with Crippen molar-refractivity contribution in [1.82, 2.24) is 4.90 Å². The van der Waals surface area contributed by atoms with Gasteiger partial charge in [-0.25, -0.2) is 9.18 Å². The van der Waals surface area contributed by atoms with E-state index in [9.17, 15) is 9.18 Å². The van der Waals surface area contributed by atoms with Gasteiger partial charge in [0.15, 0.2) is 0 Å². The minimum atomic E-state index is -1.22. The quantitative estimate of drug-likeness (QED) is 0.847. The number of nitrogens with zero attached hydrogens (tertiary/aromatic N) is 1. The Balaban J connectivity index is 2.89. The number of halogens is 1. The molecule has 0 atom stereocenters. The number of benzene rings is 1. The summed E-state index contributed by atoms with van der Waals surface area (Å²) in [5.74, 6) is -1.34. The van der Waals surface area contributed by atoms with Gasteiger partial charge in [-0.05, 0) is 18.5 Å². The van der Waals surface area contributed by atoms with Crippen LogP contribution in [0, 0.1) is 11.7 Å². The van der Waals surface area contributed by atoms with Gasteiger partial charge in [0.2, 0.25) is 0 Å². The van der Waals surface area contributed by atoms with E-state index in [-0.39, 0.29) is 5.56 Å². The average Bonchev–Trinajstić information content (AvgIpc) is 2.29. The molecule has 1 aromatic carbocycles. The lowest BCUT2D eigenvalue weighted by Crippen LogP contribution is -2.27. The molecule has 0 aliphatic heterocycles. The van der Waals surface area contributed by atoms with E-state index < -0.39 is 11.8 Å². The molecule has 0 spiro atoms. The number of carbonyl (C=O) groups is 1. The molecule has 0 radical (unpaired) electrons. The van der Waals surface area contributed by atoms with Crippen molar-refractivity contribution in [2.24, 2.45) is 5.92 Å². The minimum absolute atomic E-state index is 0.256. The van der Waals surface area contributed by atoms with Crippen LogP contribution in [0.15, 0.2) is 18.2 Å². The van der Waals surface area contributed by atoms with E-state index in [2.05, 4.69) is 18.7 Å². The second-order valence-corrected chi connectivity index (χ2v) is 4.81. The first-order chi connectivity index (χ1) is 8.45. The third-order valence-corrected chi connectivity index (χ3v) is 2.77. The van der Waals surface area contributed by atoms with Gasteiger partial charge in [0.05, 0.1) is 5.56 Å². The first-order valence-corrected chi connectivity index (χ1v) is 6.18. The number of hydrogen-bond donors (Lipinski definition) is 1. The molecule has 0 aromatic heterocycles. The lowest BCUT2D eigenvalue weighted by Gasteiger charge is -2.23. The molecule has 0 saturated carbocycles. The highest BCUT2D eigenvalue weighted by molar-refractivity contribution is 5.88. The van der Waals surface area contributed by atoms with Crippen LogP contribution in [0.25, 0.3) is 0 Å². The minimum Gasteiger partial charge on any atom is -0.478 e. The van der Waals surface area contributed by atoms with Gasteiger partial charge in [-0.1, -0.05) is 32.9 Å². The summed E-state index contributed by atoms with van der Waals surface area (Å²) >= 11 is 0. The lowest BCUT2D eigenvalue weighted by atomic mass is 10.1. The third-order valence-electron chi connectivity index (χ3n) is 2.77. The number of carboxylic acid groups (broad SMARTS) is 1. The summed E-state index contributed by atoms with van der Waals surface area (Å²) < 4.78 is 13.9. The predicted octanol–water partition coefficient (Wildman–Crippen LogP) is 3.00. The largest absolute Gasteiger partial charge is 0.478 e. The summed E-state index contributed by atoms with van der Waals surface area (Å²) in [5, 5.41) is 8.87. The predicted molar refractivity (Wildman–Crippen MR) is 69.1 cm³/mol. The zero-order chi connectivity index (χ0) is 13.7. The van der Waals surface area contributed by atoms with Crippen LogP contribution in [0.4, 0.5) is 4.39 Å². The van der Waals surface area contributed by atoms with Crippen LogP contribution >= 0.6 is 0 Å². The normalized spacial score (nSPS) is 11.2. The maximum atomic E-state index is 13.9.